The largest absolute Gasteiger partial charge is 0.383 e. The molecule has 1 heterocycles. The number of methoxy groups -OCH3 is 1. The summed E-state index contributed by atoms with van der Waals surface area (Å²) in [5.74, 6) is 0. The van der Waals surface area contributed by atoms with E-state index in [-0.39, 0.29) is 11.2 Å². The van der Waals surface area contributed by atoms with Gasteiger partial charge in [0.25, 0.3) is 0 Å². The SMILES string of the molecule is COCCN(CCC#N)C1CC(C)(C)OC1(C)C. The van der Waals surface area contributed by atoms with Gasteiger partial charge in [-0.05, 0) is 34.1 Å². The van der Waals surface area contributed by atoms with Crippen LogP contribution >= 0.6 is 0 Å². The second-order valence-electron chi connectivity index (χ2n) is 6.12. The van der Waals surface area contributed by atoms with Gasteiger partial charge in [-0.1, -0.05) is 0 Å². The predicted molar refractivity (Wildman–Crippen MR) is 71.3 cm³/mol. The van der Waals surface area contributed by atoms with E-state index in [2.05, 4.69) is 38.7 Å². The van der Waals surface area contributed by atoms with E-state index in [1.165, 1.54) is 0 Å². The van der Waals surface area contributed by atoms with Crippen LogP contribution in [0.2, 0.25) is 0 Å². The van der Waals surface area contributed by atoms with E-state index in [0.29, 0.717) is 19.1 Å². The molecule has 104 valence electrons. The molecule has 0 saturated carbocycles. The maximum absolute atomic E-state index is 8.78. The van der Waals surface area contributed by atoms with Crippen molar-refractivity contribution in [1.82, 2.24) is 4.90 Å². The lowest BCUT2D eigenvalue weighted by Crippen LogP contribution is -2.48. The first-order valence-corrected chi connectivity index (χ1v) is 6.62. The predicted octanol–water partition coefficient (Wildman–Crippen LogP) is 2.19. The molecule has 1 rings (SSSR count). The molecule has 1 aliphatic rings. The van der Waals surface area contributed by atoms with E-state index in [0.717, 1.165) is 19.5 Å². The van der Waals surface area contributed by atoms with Crippen LogP contribution in [0, 0.1) is 11.3 Å². The highest BCUT2D eigenvalue weighted by atomic mass is 16.5. The van der Waals surface area contributed by atoms with Gasteiger partial charge in [-0.2, -0.15) is 5.26 Å². The zero-order chi connectivity index (χ0) is 13.8. The van der Waals surface area contributed by atoms with Crippen LogP contribution in [0.15, 0.2) is 0 Å². The van der Waals surface area contributed by atoms with Crippen molar-refractivity contribution >= 4 is 0 Å². The van der Waals surface area contributed by atoms with Crippen molar-refractivity contribution in [3.8, 4) is 6.07 Å². The van der Waals surface area contributed by atoms with Crippen molar-refractivity contribution in [2.45, 2.75) is 57.8 Å². The normalized spacial score (nSPS) is 25.3. The molecular weight excluding hydrogens is 228 g/mol. The van der Waals surface area contributed by atoms with Crippen LogP contribution in [-0.2, 0) is 9.47 Å². The van der Waals surface area contributed by atoms with Gasteiger partial charge in [0, 0.05) is 32.7 Å². The molecule has 1 aliphatic heterocycles. The van der Waals surface area contributed by atoms with Gasteiger partial charge < -0.3 is 9.47 Å². The summed E-state index contributed by atoms with van der Waals surface area (Å²) < 4.78 is 11.3. The topological polar surface area (TPSA) is 45.5 Å². The lowest BCUT2D eigenvalue weighted by molar-refractivity contribution is -0.0814. The zero-order valence-corrected chi connectivity index (χ0v) is 12.3. The average Bonchev–Trinajstić information content (AvgIpc) is 2.47. The quantitative estimate of drug-likeness (QED) is 0.729. The minimum Gasteiger partial charge on any atom is -0.383 e. The number of ether oxygens (including phenoxy) is 2. The van der Waals surface area contributed by atoms with Crippen molar-refractivity contribution in [1.29, 1.82) is 5.26 Å². The van der Waals surface area contributed by atoms with E-state index in [4.69, 9.17) is 14.7 Å². The van der Waals surface area contributed by atoms with Crippen LogP contribution < -0.4 is 0 Å². The molecule has 1 fully saturated rings. The fourth-order valence-electron chi connectivity index (χ4n) is 2.93. The van der Waals surface area contributed by atoms with Crippen LogP contribution in [-0.4, -0.2) is 49.0 Å². The molecule has 18 heavy (non-hydrogen) atoms. The Bertz CT molecular complexity index is 307. The van der Waals surface area contributed by atoms with E-state index in [9.17, 15) is 0 Å². The third kappa shape index (κ3) is 3.94. The van der Waals surface area contributed by atoms with Gasteiger partial charge in [-0.25, -0.2) is 0 Å². The van der Waals surface area contributed by atoms with Crippen LogP contribution in [0.25, 0.3) is 0 Å². The third-order valence-corrected chi connectivity index (χ3v) is 3.56. The Morgan fingerprint density at radius 1 is 1.33 bits per heavy atom. The molecule has 0 N–H and O–H groups in total. The number of nitriles is 1. The van der Waals surface area contributed by atoms with E-state index in [1.807, 2.05) is 0 Å². The summed E-state index contributed by atoms with van der Waals surface area (Å²) >= 11 is 0. The smallest absolute Gasteiger partial charge is 0.0789 e. The number of nitrogens with zero attached hydrogens (tertiary/aromatic N) is 2. The first-order valence-electron chi connectivity index (χ1n) is 6.62. The van der Waals surface area contributed by atoms with Gasteiger partial charge in [0.1, 0.15) is 0 Å². The van der Waals surface area contributed by atoms with Crippen molar-refractivity contribution in [3.63, 3.8) is 0 Å². The summed E-state index contributed by atoms with van der Waals surface area (Å²) in [6, 6.07) is 2.57. The van der Waals surface area contributed by atoms with Gasteiger partial charge in [-0.3, -0.25) is 4.90 Å². The van der Waals surface area contributed by atoms with Crippen LogP contribution in [0.1, 0.15) is 40.5 Å². The summed E-state index contributed by atoms with van der Waals surface area (Å²) in [5.41, 5.74) is -0.265. The van der Waals surface area contributed by atoms with E-state index >= 15 is 0 Å². The van der Waals surface area contributed by atoms with Gasteiger partial charge in [0.15, 0.2) is 0 Å². The second-order valence-corrected chi connectivity index (χ2v) is 6.12. The van der Waals surface area contributed by atoms with Gasteiger partial charge in [0.05, 0.1) is 23.9 Å². The maximum atomic E-state index is 8.78. The number of rotatable bonds is 6. The summed E-state index contributed by atoms with van der Waals surface area (Å²) in [6.07, 6.45) is 1.55. The van der Waals surface area contributed by atoms with Crippen molar-refractivity contribution in [2.24, 2.45) is 0 Å². The number of hydrogen-bond acceptors (Lipinski definition) is 4. The molecule has 1 unspecified atom stereocenters. The Kier molecular flexibility index (Phi) is 5.15. The Labute approximate surface area is 111 Å². The van der Waals surface area contributed by atoms with Crippen molar-refractivity contribution in [2.75, 3.05) is 26.8 Å². The zero-order valence-electron chi connectivity index (χ0n) is 12.3. The molecule has 4 nitrogen and oxygen atoms in total. The summed E-state index contributed by atoms with van der Waals surface area (Å²) in [7, 11) is 1.71. The van der Waals surface area contributed by atoms with Crippen molar-refractivity contribution in [3.05, 3.63) is 0 Å². The first kappa shape index (κ1) is 15.4. The number of hydrogen-bond donors (Lipinski definition) is 0. The van der Waals surface area contributed by atoms with Crippen LogP contribution in [0.3, 0.4) is 0 Å². The summed E-state index contributed by atoms with van der Waals surface area (Å²) in [4.78, 5) is 2.33. The van der Waals surface area contributed by atoms with Gasteiger partial charge in [-0.15, -0.1) is 0 Å². The maximum Gasteiger partial charge on any atom is 0.0789 e. The molecule has 0 aromatic rings. The molecule has 1 saturated heterocycles. The van der Waals surface area contributed by atoms with Crippen LogP contribution in [0.5, 0.6) is 0 Å². The van der Waals surface area contributed by atoms with Crippen LogP contribution in [0.4, 0.5) is 0 Å². The van der Waals surface area contributed by atoms with Gasteiger partial charge in [0.2, 0.25) is 0 Å². The highest BCUT2D eigenvalue weighted by Gasteiger charge is 2.48. The fraction of sp³-hybridized carbons (Fsp3) is 0.929. The van der Waals surface area contributed by atoms with E-state index in [1.54, 1.807) is 7.11 Å². The summed E-state index contributed by atoms with van der Waals surface area (Å²) in [5, 5.41) is 8.78. The Balaban J connectivity index is 2.74. The molecule has 0 aromatic carbocycles. The van der Waals surface area contributed by atoms with Gasteiger partial charge >= 0.3 is 0 Å². The third-order valence-electron chi connectivity index (χ3n) is 3.56. The molecule has 0 aromatic heterocycles. The molecule has 0 amide bonds. The Hall–Kier alpha value is -0.630. The second kappa shape index (κ2) is 6.01. The molecule has 0 radical (unpaired) electrons. The van der Waals surface area contributed by atoms with E-state index < -0.39 is 0 Å². The fourth-order valence-corrected chi connectivity index (χ4v) is 2.93. The average molecular weight is 254 g/mol. The highest BCUT2D eigenvalue weighted by Crippen LogP contribution is 2.40. The molecule has 4 heteroatoms. The minimum absolute atomic E-state index is 0.0911. The molecule has 1 atom stereocenters. The molecular formula is C14H26N2O2. The Morgan fingerprint density at radius 2 is 2.00 bits per heavy atom. The lowest BCUT2D eigenvalue weighted by Gasteiger charge is -2.35. The summed E-state index contributed by atoms with van der Waals surface area (Å²) in [6.45, 7) is 10.9. The lowest BCUT2D eigenvalue weighted by atomic mass is 9.93. The van der Waals surface area contributed by atoms with Crippen molar-refractivity contribution < 1.29 is 9.47 Å². The first-order chi connectivity index (χ1) is 8.32. The molecule has 0 bridgehead atoms. The highest BCUT2D eigenvalue weighted by molar-refractivity contribution is 5.00. The Morgan fingerprint density at radius 3 is 2.44 bits per heavy atom. The molecule has 0 aliphatic carbocycles. The standard InChI is InChI=1S/C14H26N2O2/c1-13(2)11-12(14(3,4)18-13)16(8-6-7-15)9-10-17-5/h12H,6,8-11H2,1-5H3. The molecule has 0 spiro atoms. The monoisotopic (exact) mass is 254 g/mol. The minimum atomic E-state index is -0.174.